The minimum atomic E-state index is -0.518. The molecular weight excluding hydrogens is 300 g/mol. The Morgan fingerprint density at radius 3 is 2.77 bits per heavy atom. The molecule has 0 fully saturated rings. The summed E-state index contributed by atoms with van der Waals surface area (Å²) in [6.07, 6.45) is 4.86. The highest BCUT2D eigenvalue weighted by Crippen LogP contribution is 2.22. The van der Waals surface area contributed by atoms with Crippen molar-refractivity contribution in [2.45, 2.75) is 32.8 Å². The molecule has 22 heavy (non-hydrogen) atoms. The van der Waals surface area contributed by atoms with Gasteiger partial charge in [0.25, 0.3) is 5.91 Å². The van der Waals surface area contributed by atoms with E-state index in [1.165, 1.54) is 11.3 Å². The Balaban J connectivity index is 1.95. The fourth-order valence-electron chi connectivity index (χ4n) is 2.33. The smallest absolute Gasteiger partial charge is 0.270 e. The summed E-state index contributed by atoms with van der Waals surface area (Å²) in [7, 11) is 1.84. The number of aliphatic hydroxyl groups is 1. The molecule has 0 aliphatic heterocycles. The Labute approximate surface area is 134 Å². The Kier molecular flexibility index (Phi) is 5.68. The van der Waals surface area contributed by atoms with Crippen molar-refractivity contribution < 1.29 is 9.90 Å². The van der Waals surface area contributed by atoms with Gasteiger partial charge >= 0.3 is 0 Å². The first kappa shape index (κ1) is 16.6. The Bertz CT molecular complexity index is 619. The van der Waals surface area contributed by atoms with Crippen molar-refractivity contribution in [3.8, 4) is 10.6 Å². The highest BCUT2D eigenvalue weighted by atomic mass is 32.1. The number of rotatable bonds is 7. The first-order chi connectivity index (χ1) is 10.5. The molecule has 0 bridgehead atoms. The first-order valence-electron chi connectivity index (χ1n) is 7.45. The number of hydrogen-bond acceptors (Lipinski definition) is 5. The van der Waals surface area contributed by atoms with Crippen LogP contribution in [-0.4, -0.2) is 38.4 Å². The lowest BCUT2D eigenvalue weighted by Gasteiger charge is -2.19. The average Bonchev–Trinajstić information content (AvgIpc) is 3.14. The summed E-state index contributed by atoms with van der Waals surface area (Å²) >= 11 is 1.41. The number of amides is 1. The van der Waals surface area contributed by atoms with E-state index in [0.29, 0.717) is 5.69 Å². The maximum absolute atomic E-state index is 12.1. The Morgan fingerprint density at radius 2 is 2.18 bits per heavy atom. The highest BCUT2D eigenvalue weighted by Gasteiger charge is 2.18. The van der Waals surface area contributed by atoms with Crippen LogP contribution in [0, 0.1) is 5.92 Å². The van der Waals surface area contributed by atoms with Crippen LogP contribution >= 0.6 is 11.3 Å². The topological polar surface area (TPSA) is 80.0 Å². The van der Waals surface area contributed by atoms with Gasteiger partial charge in [0.1, 0.15) is 10.7 Å². The van der Waals surface area contributed by atoms with E-state index in [2.05, 4.69) is 15.4 Å². The van der Waals surface area contributed by atoms with Crippen molar-refractivity contribution in [3.63, 3.8) is 0 Å². The summed E-state index contributed by atoms with van der Waals surface area (Å²) < 4.78 is 1.70. The number of thiazole rings is 1. The van der Waals surface area contributed by atoms with Crippen LogP contribution in [0.25, 0.3) is 10.6 Å². The lowest BCUT2D eigenvalue weighted by molar-refractivity contribution is 0.0813. The van der Waals surface area contributed by atoms with Gasteiger partial charge in [-0.05, 0) is 5.92 Å². The summed E-state index contributed by atoms with van der Waals surface area (Å²) in [5.74, 6) is -0.0434. The van der Waals surface area contributed by atoms with E-state index in [9.17, 15) is 9.90 Å². The molecule has 6 nitrogen and oxygen atoms in total. The Morgan fingerprint density at radius 1 is 1.45 bits per heavy atom. The highest BCUT2D eigenvalue weighted by molar-refractivity contribution is 7.13. The van der Waals surface area contributed by atoms with E-state index in [1.54, 1.807) is 16.3 Å². The van der Waals surface area contributed by atoms with Gasteiger partial charge in [-0.2, -0.15) is 5.10 Å². The minimum Gasteiger partial charge on any atom is -0.391 e. The van der Waals surface area contributed by atoms with Gasteiger partial charge in [-0.1, -0.05) is 26.7 Å². The van der Waals surface area contributed by atoms with Crippen molar-refractivity contribution in [1.29, 1.82) is 0 Å². The summed E-state index contributed by atoms with van der Waals surface area (Å²) in [5.41, 5.74) is 1.27. The first-order valence-corrected chi connectivity index (χ1v) is 8.33. The Hall–Kier alpha value is -1.73. The SMILES string of the molecule is CCC(CC)C(O)CNC(=O)c1csc(-c2cnn(C)c2)n1. The van der Waals surface area contributed by atoms with Crippen molar-refractivity contribution in [2.24, 2.45) is 13.0 Å². The number of nitrogens with zero attached hydrogens (tertiary/aromatic N) is 3. The standard InChI is InChI=1S/C15H22N4O2S/c1-4-10(5-2)13(20)7-16-14(21)12-9-22-15(18-12)11-6-17-19(3)8-11/h6,8-10,13,20H,4-5,7H2,1-3H3,(H,16,21). The minimum absolute atomic E-state index is 0.210. The lowest BCUT2D eigenvalue weighted by atomic mass is 9.96. The molecular formula is C15H22N4O2S. The summed E-state index contributed by atoms with van der Waals surface area (Å²) in [6, 6.07) is 0. The van der Waals surface area contributed by atoms with E-state index in [0.717, 1.165) is 23.4 Å². The van der Waals surface area contributed by atoms with Gasteiger partial charge < -0.3 is 10.4 Å². The zero-order valence-electron chi connectivity index (χ0n) is 13.1. The summed E-state index contributed by atoms with van der Waals surface area (Å²) in [4.78, 5) is 16.4. The number of aliphatic hydroxyl groups excluding tert-OH is 1. The molecule has 2 N–H and O–H groups in total. The van der Waals surface area contributed by atoms with Gasteiger partial charge in [0.2, 0.25) is 0 Å². The number of nitrogens with one attached hydrogen (secondary N) is 1. The number of hydrogen-bond donors (Lipinski definition) is 2. The number of carbonyl (C=O) groups is 1. The van der Waals surface area contributed by atoms with Crippen molar-refractivity contribution in [1.82, 2.24) is 20.1 Å². The molecule has 7 heteroatoms. The third-order valence-corrected chi connectivity index (χ3v) is 4.64. The van der Waals surface area contributed by atoms with Crippen LogP contribution in [0.4, 0.5) is 0 Å². The molecule has 1 amide bonds. The van der Waals surface area contributed by atoms with Crippen LogP contribution in [0.3, 0.4) is 0 Å². The maximum atomic E-state index is 12.1. The molecule has 1 unspecified atom stereocenters. The number of carbonyl (C=O) groups excluding carboxylic acids is 1. The van der Waals surface area contributed by atoms with E-state index >= 15 is 0 Å². The van der Waals surface area contributed by atoms with Crippen LogP contribution in [0.5, 0.6) is 0 Å². The van der Waals surface area contributed by atoms with Crippen LogP contribution in [0.15, 0.2) is 17.8 Å². The second-order valence-electron chi connectivity index (χ2n) is 5.29. The fraction of sp³-hybridized carbons (Fsp3) is 0.533. The van der Waals surface area contributed by atoms with Crippen LogP contribution in [0.2, 0.25) is 0 Å². The zero-order valence-corrected chi connectivity index (χ0v) is 13.9. The van der Waals surface area contributed by atoms with Crippen molar-refractivity contribution >= 4 is 17.2 Å². The van der Waals surface area contributed by atoms with Crippen molar-refractivity contribution in [2.75, 3.05) is 6.54 Å². The molecule has 2 heterocycles. The van der Waals surface area contributed by atoms with Crippen LogP contribution < -0.4 is 5.32 Å². The third kappa shape index (κ3) is 3.92. The normalized spacial score (nSPS) is 12.6. The van der Waals surface area contributed by atoms with Gasteiger partial charge in [-0.25, -0.2) is 4.98 Å². The van der Waals surface area contributed by atoms with E-state index < -0.39 is 6.10 Å². The predicted octanol–water partition coefficient (Wildman–Crippen LogP) is 2.07. The maximum Gasteiger partial charge on any atom is 0.270 e. The van der Waals surface area contributed by atoms with Gasteiger partial charge in [-0.15, -0.1) is 11.3 Å². The van der Waals surface area contributed by atoms with Gasteiger partial charge in [0.15, 0.2) is 0 Å². The van der Waals surface area contributed by atoms with E-state index in [-0.39, 0.29) is 18.4 Å². The number of aromatic nitrogens is 3. The molecule has 0 radical (unpaired) electrons. The molecule has 0 aliphatic carbocycles. The third-order valence-electron chi connectivity index (χ3n) is 3.75. The lowest BCUT2D eigenvalue weighted by Crippen LogP contribution is -2.36. The number of aryl methyl sites for hydroxylation is 1. The molecule has 120 valence electrons. The largest absolute Gasteiger partial charge is 0.391 e. The molecule has 0 saturated carbocycles. The monoisotopic (exact) mass is 322 g/mol. The molecule has 1 atom stereocenters. The summed E-state index contributed by atoms with van der Waals surface area (Å²) in [5, 5.41) is 19.4. The van der Waals surface area contributed by atoms with E-state index in [4.69, 9.17) is 0 Å². The molecule has 0 aliphatic rings. The van der Waals surface area contributed by atoms with Crippen LogP contribution in [0.1, 0.15) is 37.2 Å². The second-order valence-corrected chi connectivity index (χ2v) is 6.15. The van der Waals surface area contributed by atoms with Gasteiger partial charge in [0.05, 0.1) is 12.3 Å². The quantitative estimate of drug-likeness (QED) is 0.818. The van der Waals surface area contributed by atoms with Gasteiger partial charge in [0, 0.05) is 30.7 Å². The molecule has 0 saturated heterocycles. The molecule has 2 aromatic rings. The molecule has 2 rings (SSSR count). The average molecular weight is 322 g/mol. The summed E-state index contributed by atoms with van der Waals surface area (Å²) in [6.45, 7) is 4.34. The fourth-order valence-corrected chi connectivity index (χ4v) is 3.11. The predicted molar refractivity (Wildman–Crippen MR) is 86.7 cm³/mol. The second kappa shape index (κ2) is 7.51. The molecule has 2 aromatic heterocycles. The zero-order chi connectivity index (χ0) is 16.1. The van der Waals surface area contributed by atoms with Crippen molar-refractivity contribution in [3.05, 3.63) is 23.5 Å². The van der Waals surface area contributed by atoms with E-state index in [1.807, 2.05) is 27.1 Å². The van der Waals surface area contributed by atoms with Crippen LogP contribution in [-0.2, 0) is 7.05 Å². The molecule has 0 aromatic carbocycles. The van der Waals surface area contributed by atoms with Gasteiger partial charge in [-0.3, -0.25) is 9.48 Å². The molecule has 0 spiro atoms.